The molecule has 4 aromatic rings. The number of nitrogens with zero attached hydrogens (tertiary/aromatic N) is 1. The summed E-state index contributed by atoms with van der Waals surface area (Å²) in [5.41, 5.74) is 7.27. The summed E-state index contributed by atoms with van der Waals surface area (Å²) in [6, 6.07) is 27.3. The lowest BCUT2D eigenvalue weighted by Gasteiger charge is -2.36. The second-order valence-electron chi connectivity index (χ2n) is 8.20. The Kier molecular flexibility index (Phi) is 4.88. The van der Waals surface area contributed by atoms with Gasteiger partial charge in [-0.2, -0.15) is 0 Å². The van der Waals surface area contributed by atoms with E-state index in [1.165, 1.54) is 33.3 Å². The van der Waals surface area contributed by atoms with Crippen LogP contribution in [0.2, 0.25) is 0 Å². The number of hydrogen-bond acceptors (Lipinski definition) is 1. The van der Waals surface area contributed by atoms with Gasteiger partial charge >= 0.3 is 0 Å². The standard InChI is InChI=1S/C27H26N2O/c1-19-11-14-21(15-12-19)27-26-23(22-9-5-6-10-24(22)28-26)17-18-29(27)25(30)16-13-20-7-3-2-4-8-20/h2-12,14-15,27-28H,13,16-18H2,1H3/t27-/m0/s1. The van der Waals surface area contributed by atoms with E-state index in [1.54, 1.807) is 0 Å². The monoisotopic (exact) mass is 394 g/mol. The molecule has 1 aliphatic rings. The van der Waals surface area contributed by atoms with E-state index >= 15 is 0 Å². The average molecular weight is 395 g/mol. The van der Waals surface area contributed by atoms with Gasteiger partial charge in [0.2, 0.25) is 5.91 Å². The molecule has 0 unspecified atom stereocenters. The van der Waals surface area contributed by atoms with Gasteiger partial charge in [-0.3, -0.25) is 4.79 Å². The topological polar surface area (TPSA) is 36.1 Å². The van der Waals surface area contributed by atoms with Gasteiger partial charge in [0, 0.05) is 29.6 Å². The zero-order valence-corrected chi connectivity index (χ0v) is 17.3. The summed E-state index contributed by atoms with van der Waals surface area (Å²) in [5.74, 6) is 0.216. The van der Waals surface area contributed by atoms with Crippen LogP contribution in [-0.4, -0.2) is 22.3 Å². The molecule has 1 aliphatic heterocycles. The molecule has 5 rings (SSSR count). The highest BCUT2D eigenvalue weighted by Crippen LogP contribution is 2.38. The normalized spacial score (nSPS) is 15.9. The average Bonchev–Trinajstić information content (AvgIpc) is 3.17. The molecule has 1 aromatic heterocycles. The largest absolute Gasteiger partial charge is 0.356 e. The summed E-state index contributed by atoms with van der Waals surface area (Å²) < 4.78 is 0. The van der Waals surface area contributed by atoms with Crippen LogP contribution in [0.25, 0.3) is 10.9 Å². The van der Waals surface area contributed by atoms with Crippen molar-refractivity contribution >= 4 is 16.8 Å². The minimum absolute atomic E-state index is 0.0648. The van der Waals surface area contributed by atoms with Crippen LogP contribution in [0.3, 0.4) is 0 Å². The molecule has 3 aromatic carbocycles. The van der Waals surface area contributed by atoms with Gasteiger partial charge in [0.25, 0.3) is 0 Å². The molecule has 0 aliphatic carbocycles. The molecule has 2 heterocycles. The van der Waals surface area contributed by atoms with E-state index in [0.717, 1.165) is 24.9 Å². The van der Waals surface area contributed by atoms with Gasteiger partial charge in [0.1, 0.15) is 0 Å². The van der Waals surface area contributed by atoms with Crippen LogP contribution in [0.1, 0.15) is 40.4 Å². The van der Waals surface area contributed by atoms with Gasteiger partial charge in [-0.25, -0.2) is 0 Å². The maximum absolute atomic E-state index is 13.4. The number of aromatic nitrogens is 1. The molecule has 0 saturated carbocycles. The number of amides is 1. The minimum atomic E-state index is -0.0648. The number of rotatable bonds is 4. The summed E-state index contributed by atoms with van der Waals surface area (Å²) in [7, 11) is 0. The number of aromatic amines is 1. The number of aryl methyl sites for hydroxylation is 2. The maximum Gasteiger partial charge on any atom is 0.223 e. The van der Waals surface area contributed by atoms with Crippen molar-refractivity contribution < 1.29 is 4.79 Å². The molecule has 3 nitrogen and oxygen atoms in total. The van der Waals surface area contributed by atoms with Crippen LogP contribution in [0.15, 0.2) is 78.9 Å². The molecule has 0 spiro atoms. The Morgan fingerprint density at radius 1 is 0.967 bits per heavy atom. The Bertz CT molecular complexity index is 1170. The van der Waals surface area contributed by atoms with E-state index < -0.39 is 0 Å². The van der Waals surface area contributed by atoms with Crippen LogP contribution in [0, 0.1) is 6.92 Å². The molecular formula is C27H26N2O. The van der Waals surface area contributed by atoms with Crippen molar-refractivity contribution in [1.82, 2.24) is 9.88 Å². The summed E-state index contributed by atoms with van der Waals surface area (Å²) >= 11 is 0. The first-order valence-corrected chi connectivity index (χ1v) is 10.7. The van der Waals surface area contributed by atoms with E-state index in [2.05, 4.69) is 77.5 Å². The van der Waals surface area contributed by atoms with E-state index in [4.69, 9.17) is 0 Å². The highest BCUT2D eigenvalue weighted by Gasteiger charge is 2.34. The highest BCUT2D eigenvalue weighted by atomic mass is 16.2. The quantitative estimate of drug-likeness (QED) is 0.482. The number of nitrogens with one attached hydrogen (secondary N) is 1. The predicted molar refractivity (Wildman–Crippen MR) is 122 cm³/mol. The van der Waals surface area contributed by atoms with Crippen LogP contribution in [-0.2, 0) is 17.6 Å². The van der Waals surface area contributed by atoms with E-state index in [-0.39, 0.29) is 11.9 Å². The Labute approximate surface area is 177 Å². The Hall–Kier alpha value is -3.33. The van der Waals surface area contributed by atoms with Gasteiger partial charge < -0.3 is 9.88 Å². The molecule has 0 bridgehead atoms. The fourth-order valence-corrected chi connectivity index (χ4v) is 4.64. The number of carbonyl (C=O) groups is 1. The fraction of sp³-hybridized carbons (Fsp3) is 0.222. The Balaban J connectivity index is 1.51. The van der Waals surface area contributed by atoms with E-state index in [0.29, 0.717) is 6.42 Å². The van der Waals surface area contributed by atoms with Crippen molar-refractivity contribution in [3.63, 3.8) is 0 Å². The minimum Gasteiger partial charge on any atom is -0.356 e. The van der Waals surface area contributed by atoms with Crippen molar-refractivity contribution in [3.05, 3.63) is 107 Å². The van der Waals surface area contributed by atoms with Crippen molar-refractivity contribution in [2.75, 3.05) is 6.54 Å². The lowest BCUT2D eigenvalue weighted by molar-refractivity contribution is -0.133. The summed E-state index contributed by atoms with van der Waals surface area (Å²) in [4.78, 5) is 19.1. The molecule has 1 N–H and O–H groups in total. The summed E-state index contributed by atoms with van der Waals surface area (Å²) in [6.45, 7) is 2.85. The first-order valence-electron chi connectivity index (χ1n) is 10.7. The van der Waals surface area contributed by atoms with Crippen molar-refractivity contribution in [2.24, 2.45) is 0 Å². The van der Waals surface area contributed by atoms with E-state index in [1.807, 2.05) is 18.2 Å². The van der Waals surface area contributed by atoms with Gasteiger partial charge in [-0.15, -0.1) is 0 Å². The Morgan fingerprint density at radius 3 is 2.50 bits per heavy atom. The smallest absolute Gasteiger partial charge is 0.223 e. The molecule has 0 radical (unpaired) electrons. The zero-order chi connectivity index (χ0) is 20.5. The number of para-hydroxylation sites is 1. The van der Waals surface area contributed by atoms with Gasteiger partial charge in [0.15, 0.2) is 0 Å². The van der Waals surface area contributed by atoms with Crippen molar-refractivity contribution in [1.29, 1.82) is 0 Å². The van der Waals surface area contributed by atoms with Crippen LogP contribution < -0.4 is 0 Å². The SMILES string of the molecule is Cc1ccc([C@H]2c3[nH]c4ccccc4c3CCN2C(=O)CCc2ccccc2)cc1. The van der Waals surface area contributed by atoms with Gasteiger partial charge in [-0.05, 0) is 42.5 Å². The molecule has 0 fully saturated rings. The lowest BCUT2D eigenvalue weighted by atomic mass is 9.91. The number of benzene rings is 3. The third-order valence-electron chi connectivity index (χ3n) is 6.22. The van der Waals surface area contributed by atoms with Gasteiger partial charge in [-0.1, -0.05) is 78.4 Å². The number of hydrogen-bond donors (Lipinski definition) is 1. The van der Waals surface area contributed by atoms with Crippen LogP contribution >= 0.6 is 0 Å². The molecule has 0 saturated heterocycles. The summed E-state index contributed by atoms with van der Waals surface area (Å²) in [5, 5.41) is 1.28. The number of carbonyl (C=O) groups excluding carboxylic acids is 1. The highest BCUT2D eigenvalue weighted by molar-refractivity contribution is 5.86. The molecule has 30 heavy (non-hydrogen) atoms. The van der Waals surface area contributed by atoms with Crippen molar-refractivity contribution in [3.8, 4) is 0 Å². The maximum atomic E-state index is 13.4. The van der Waals surface area contributed by atoms with E-state index in [9.17, 15) is 4.79 Å². The first kappa shape index (κ1) is 18.7. The molecule has 3 heteroatoms. The number of fused-ring (bicyclic) bond motifs is 3. The second kappa shape index (κ2) is 7.83. The van der Waals surface area contributed by atoms with Gasteiger partial charge in [0.05, 0.1) is 6.04 Å². The zero-order valence-electron chi connectivity index (χ0n) is 17.3. The van der Waals surface area contributed by atoms with Crippen LogP contribution in [0.5, 0.6) is 0 Å². The molecule has 1 atom stereocenters. The fourth-order valence-electron chi connectivity index (χ4n) is 4.64. The van der Waals surface area contributed by atoms with Crippen LogP contribution in [0.4, 0.5) is 0 Å². The Morgan fingerprint density at radius 2 is 1.70 bits per heavy atom. The molecule has 150 valence electrons. The third kappa shape index (κ3) is 3.41. The first-order chi connectivity index (χ1) is 14.7. The third-order valence-corrected chi connectivity index (χ3v) is 6.22. The second-order valence-corrected chi connectivity index (χ2v) is 8.20. The predicted octanol–water partition coefficient (Wildman–Crippen LogP) is 5.58. The summed E-state index contributed by atoms with van der Waals surface area (Å²) in [6.07, 6.45) is 2.19. The molecule has 1 amide bonds. The number of H-pyrrole nitrogens is 1. The lowest BCUT2D eigenvalue weighted by Crippen LogP contribution is -2.40. The van der Waals surface area contributed by atoms with Crippen molar-refractivity contribution in [2.45, 2.75) is 32.2 Å². The molecular weight excluding hydrogens is 368 g/mol.